The summed E-state index contributed by atoms with van der Waals surface area (Å²) in [6.07, 6.45) is 1.31. The summed E-state index contributed by atoms with van der Waals surface area (Å²) in [5.74, 6) is 0.307. The Morgan fingerprint density at radius 1 is 1.33 bits per heavy atom. The number of nitrogens with one attached hydrogen (secondary N) is 1. The van der Waals surface area contributed by atoms with Gasteiger partial charge in [-0.3, -0.25) is 9.59 Å². The van der Waals surface area contributed by atoms with Gasteiger partial charge in [0, 0.05) is 25.3 Å². The number of hydrogen-bond acceptors (Lipinski definition) is 4. The molecule has 1 N–H and O–H groups in total. The van der Waals surface area contributed by atoms with Crippen molar-refractivity contribution in [2.24, 2.45) is 5.92 Å². The Bertz CT molecular complexity index is 473. The molecule has 0 aromatic carbocycles. The van der Waals surface area contributed by atoms with Gasteiger partial charge in [-0.25, -0.2) is 8.42 Å². The fraction of sp³-hybridized carbons (Fsp3) is 0.857. The van der Waals surface area contributed by atoms with E-state index in [1.54, 1.807) is 11.8 Å². The molecular weight excluding hydrogens is 292 g/mol. The van der Waals surface area contributed by atoms with Gasteiger partial charge in [0.25, 0.3) is 0 Å². The van der Waals surface area contributed by atoms with E-state index < -0.39 is 15.9 Å². The summed E-state index contributed by atoms with van der Waals surface area (Å²) in [5, 5.41) is 2.76. The highest BCUT2D eigenvalue weighted by molar-refractivity contribution is 7.91. The van der Waals surface area contributed by atoms with Crippen LogP contribution in [-0.4, -0.2) is 55.8 Å². The van der Waals surface area contributed by atoms with Crippen molar-refractivity contribution in [2.75, 3.05) is 24.6 Å². The van der Waals surface area contributed by atoms with E-state index in [9.17, 15) is 18.0 Å². The van der Waals surface area contributed by atoms with Crippen molar-refractivity contribution in [3.8, 4) is 0 Å². The van der Waals surface area contributed by atoms with Crippen LogP contribution in [0.4, 0.5) is 0 Å². The van der Waals surface area contributed by atoms with Gasteiger partial charge in [-0.2, -0.15) is 0 Å². The van der Waals surface area contributed by atoms with Crippen molar-refractivity contribution in [1.82, 2.24) is 10.2 Å². The van der Waals surface area contributed by atoms with Crippen molar-refractivity contribution < 1.29 is 18.0 Å². The molecule has 1 unspecified atom stereocenters. The summed E-state index contributed by atoms with van der Waals surface area (Å²) in [6.45, 7) is 6.38. The fourth-order valence-electron chi connectivity index (χ4n) is 2.37. The van der Waals surface area contributed by atoms with Crippen molar-refractivity contribution in [3.05, 3.63) is 0 Å². The number of rotatable bonds is 7. The Hall–Kier alpha value is -1.11. The molecule has 1 saturated heterocycles. The lowest BCUT2D eigenvalue weighted by molar-refractivity contribution is -0.134. The highest BCUT2D eigenvalue weighted by atomic mass is 32.2. The maximum absolute atomic E-state index is 12.4. The van der Waals surface area contributed by atoms with E-state index >= 15 is 0 Å². The normalized spacial score (nSPS) is 20.6. The third kappa shape index (κ3) is 6.03. The van der Waals surface area contributed by atoms with Crippen molar-refractivity contribution in [2.45, 2.75) is 46.1 Å². The molecule has 1 atom stereocenters. The maximum atomic E-state index is 12.4. The summed E-state index contributed by atoms with van der Waals surface area (Å²) in [7, 11) is -3.01. The summed E-state index contributed by atoms with van der Waals surface area (Å²) >= 11 is 0. The molecule has 0 spiro atoms. The van der Waals surface area contributed by atoms with Crippen LogP contribution < -0.4 is 5.32 Å². The molecule has 6 nitrogen and oxygen atoms in total. The minimum Gasteiger partial charge on any atom is -0.344 e. The van der Waals surface area contributed by atoms with Gasteiger partial charge in [-0.15, -0.1) is 0 Å². The molecular formula is C14H26N2O4S. The van der Waals surface area contributed by atoms with Crippen LogP contribution in [0.5, 0.6) is 0 Å². The van der Waals surface area contributed by atoms with E-state index in [-0.39, 0.29) is 29.7 Å². The highest BCUT2D eigenvalue weighted by Gasteiger charge is 2.30. The second-order valence-corrected chi connectivity index (χ2v) is 8.39. The van der Waals surface area contributed by atoms with E-state index in [1.165, 1.54) is 0 Å². The van der Waals surface area contributed by atoms with Gasteiger partial charge in [0.2, 0.25) is 11.8 Å². The Morgan fingerprint density at radius 2 is 2.00 bits per heavy atom. The van der Waals surface area contributed by atoms with Gasteiger partial charge in [0.15, 0.2) is 0 Å². The second kappa shape index (κ2) is 7.77. The molecule has 0 bridgehead atoms. The van der Waals surface area contributed by atoms with Gasteiger partial charge < -0.3 is 10.2 Å². The molecule has 1 aliphatic heterocycles. The molecule has 21 heavy (non-hydrogen) atoms. The lowest BCUT2D eigenvalue weighted by atomic mass is 10.0. The molecule has 0 aromatic heterocycles. The average Bonchev–Trinajstić information content (AvgIpc) is 2.51. The molecule has 1 aliphatic rings. The van der Waals surface area contributed by atoms with Crippen molar-refractivity contribution in [3.63, 3.8) is 0 Å². The first-order chi connectivity index (χ1) is 9.75. The number of nitrogens with zero attached hydrogens (tertiary/aromatic N) is 1. The third-order valence-corrected chi connectivity index (χ3v) is 5.37. The van der Waals surface area contributed by atoms with Crippen LogP contribution in [-0.2, 0) is 19.4 Å². The van der Waals surface area contributed by atoms with Gasteiger partial charge >= 0.3 is 0 Å². The first-order valence-corrected chi connectivity index (χ1v) is 9.36. The second-order valence-electron chi connectivity index (χ2n) is 5.91. The predicted molar refractivity (Wildman–Crippen MR) is 81.5 cm³/mol. The SMILES string of the molecule is CCS(=O)(=O)CCCN1CCC(=O)NC(CC(C)C)C1=O. The number of carbonyl (C=O) groups is 2. The molecule has 122 valence electrons. The first kappa shape index (κ1) is 17.9. The van der Waals surface area contributed by atoms with Crippen LogP contribution >= 0.6 is 0 Å². The lowest BCUT2D eigenvalue weighted by Crippen LogP contribution is -2.45. The summed E-state index contributed by atoms with van der Waals surface area (Å²) in [5.41, 5.74) is 0. The number of amides is 2. The highest BCUT2D eigenvalue weighted by Crippen LogP contribution is 2.12. The average molecular weight is 318 g/mol. The van der Waals surface area contributed by atoms with E-state index in [4.69, 9.17) is 0 Å². The van der Waals surface area contributed by atoms with Crippen LogP contribution in [0.25, 0.3) is 0 Å². The smallest absolute Gasteiger partial charge is 0.245 e. The zero-order valence-electron chi connectivity index (χ0n) is 13.1. The van der Waals surface area contributed by atoms with E-state index in [0.29, 0.717) is 31.8 Å². The molecule has 0 aromatic rings. The minimum absolute atomic E-state index is 0.0868. The Labute approximate surface area is 127 Å². The van der Waals surface area contributed by atoms with Gasteiger partial charge in [0.1, 0.15) is 15.9 Å². The third-order valence-electron chi connectivity index (χ3n) is 3.58. The minimum atomic E-state index is -3.01. The monoisotopic (exact) mass is 318 g/mol. The van der Waals surface area contributed by atoms with Crippen molar-refractivity contribution in [1.29, 1.82) is 0 Å². The maximum Gasteiger partial charge on any atom is 0.245 e. The van der Waals surface area contributed by atoms with Crippen LogP contribution in [0.1, 0.15) is 40.0 Å². The molecule has 1 heterocycles. The molecule has 0 saturated carbocycles. The number of hydrogen-bond donors (Lipinski definition) is 1. The topological polar surface area (TPSA) is 83.6 Å². The quantitative estimate of drug-likeness (QED) is 0.744. The van der Waals surface area contributed by atoms with E-state index in [0.717, 1.165) is 0 Å². The zero-order valence-corrected chi connectivity index (χ0v) is 13.9. The van der Waals surface area contributed by atoms with Gasteiger partial charge in [0.05, 0.1) is 5.75 Å². The first-order valence-electron chi connectivity index (χ1n) is 7.53. The van der Waals surface area contributed by atoms with Gasteiger partial charge in [-0.05, 0) is 18.8 Å². The Balaban J connectivity index is 2.63. The Morgan fingerprint density at radius 3 is 2.57 bits per heavy atom. The largest absolute Gasteiger partial charge is 0.344 e. The van der Waals surface area contributed by atoms with E-state index in [1.807, 2.05) is 13.8 Å². The van der Waals surface area contributed by atoms with Crippen LogP contribution in [0.15, 0.2) is 0 Å². The molecule has 7 heteroatoms. The standard InChI is InChI=1S/C14H26N2O4S/c1-4-21(19,20)9-5-7-16-8-6-13(17)15-12(14(16)18)10-11(2)3/h11-12H,4-10H2,1-3H3,(H,15,17). The molecule has 1 fully saturated rings. The Kier molecular flexibility index (Phi) is 6.64. The number of carbonyl (C=O) groups excluding carboxylic acids is 2. The van der Waals surface area contributed by atoms with E-state index in [2.05, 4.69) is 5.32 Å². The van der Waals surface area contributed by atoms with Crippen molar-refractivity contribution >= 4 is 21.7 Å². The molecule has 1 rings (SSSR count). The summed E-state index contributed by atoms with van der Waals surface area (Å²) in [6, 6.07) is -0.484. The van der Waals surface area contributed by atoms with Crippen LogP contribution in [0.3, 0.4) is 0 Å². The predicted octanol–water partition coefficient (Wildman–Crippen LogP) is 0.574. The summed E-state index contributed by atoms with van der Waals surface area (Å²) in [4.78, 5) is 25.7. The van der Waals surface area contributed by atoms with Gasteiger partial charge in [-0.1, -0.05) is 20.8 Å². The number of sulfone groups is 1. The molecule has 0 radical (unpaired) electrons. The fourth-order valence-corrected chi connectivity index (χ4v) is 3.23. The zero-order chi connectivity index (χ0) is 16.0. The van der Waals surface area contributed by atoms with Crippen LogP contribution in [0, 0.1) is 5.92 Å². The molecule has 0 aliphatic carbocycles. The van der Waals surface area contributed by atoms with Crippen LogP contribution in [0.2, 0.25) is 0 Å². The summed E-state index contributed by atoms with van der Waals surface area (Å²) < 4.78 is 23.0. The lowest BCUT2D eigenvalue weighted by Gasteiger charge is -2.24. The molecule has 2 amide bonds.